The van der Waals surface area contributed by atoms with Gasteiger partial charge in [-0.1, -0.05) is 29.8 Å². The molecule has 4 heteroatoms. The minimum atomic E-state index is 0.463. The Bertz CT molecular complexity index is 581. The Morgan fingerprint density at radius 1 is 0.955 bits per heavy atom. The number of hydrogen-bond acceptors (Lipinski definition) is 4. The van der Waals surface area contributed by atoms with Crippen LogP contribution in [0.5, 0.6) is 17.2 Å². The van der Waals surface area contributed by atoms with Gasteiger partial charge in [0.15, 0.2) is 11.5 Å². The third-order valence-electron chi connectivity index (χ3n) is 3.27. The molecule has 0 aromatic heterocycles. The molecule has 2 aromatic rings. The van der Waals surface area contributed by atoms with Gasteiger partial charge < -0.3 is 19.5 Å². The molecule has 0 aliphatic rings. The van der Waals surface area contributed by atoms with Crippen molar-refractivity contribution in [3.05, 3.63) is 53.6 Å². The van der Waals surface area contributed by atoms with Crippen molar-refractivity contribution >= 4 is 0 Å². The van der Waals surface area contributed by atoms with Crippen LogP contribution in [0.1, 0.15) is 11.1 Å². The summed E-state index contributed by atoms with van der Waals surface area (Å²) < 4.78 is 16.9. The molecule has 4 nitrogen and oxygen atoms in total. The lowest BCUT2D eigenvalue weighted by Crippen LogP contribution is -2.13. The van der Waals surface area contributed by atoms with Gasteiger partial charge in [-0.15, -0.1) is 0 Å². The largest absolute Gasteiger partial charge is 0.493 e. The van der Waals surface area contributed by atoms with Crippen molar-refractivity contribution in [1.29, 1.82) is 0 Å². The SMILES string of the molecule is CNCc1cccc(OC)c1OCCOc1ccc(C)cc1. The molecule has 0 aliphatic carbocycles. The van der Waals surface area contributed by atoms with Crippen molar-refractivity contribution in [3.8, 4) is 17.2 Å². The van der Waals surface area contributed by atoms with Crippen LogP contribution in [0.2, 0.25) is 0 Å². The van der Waals surface area contributed by atoms with E-state index in [-0.39, 0.29) is 0 Å². The van der Waals surface area contributed by atoms with Crippen molar-refractivity contribution in [2.45, 2.75) is 13.5 Å². The molecule has 2 rings (SSSR count). The average molecular weight is 301 g/mol. The lowest BCUT2D eigenvalue weighted by atomic mass is 10.2. The molecule has 0 atom stereocenters. The molecule has 1 N–H and O–H groups in total. The number of methoxy groups -OCH3 is 1. The molecule has 2 aromatic carbocycles. The van der Waals surface area contributed by atoms with E-state index in [0.717, 1.165) is 29.4 Å². The van der Waals surface area contributed by atoms with Crippen LogP contribution in [0.4, 0.5) is 0 Å². The maximum Gasteiger partial charge on any atom is 0.165 e. The van der Waals surface area contributed by atoms with Crippen molar-refractivity contribution in [2.24, 2.45) is 0 Å². The maximum atomic E-state index is 5.87. The molecule has 0 spiro atoms. The molecule has 22 heavy (non-hydrogen) atoms. The maximum absolute atomic E-state index is 5.87. The Kier molecular flexibility index (Phi) is 6.10. The summed E-state index contributed by atoms with van der Waals surface area (Å²) in [6, 6.07) is 13.9. The van der Waals surface area contributed by atoms with Gasteiger partial charge in [0.2, 0.25) is 0 Å². The molecule has 0 fully saturated rings. The fourth-order valence-electron chi connectivity index (χ4n) is 2.15. The normalized spacial score (nSPS) is 10.3. The molecule has 0 bridgehead atoms. The molecule has 0 amide bonds. The summed E-state index contributed by atoms with van der Waals surface area (Å²) in [7, 11) is 3.55. The highest BCUT2D eigenvalue weighted by molar-refractivity contribution is 5.46. The van der Waals surface area contributed by atoms with Crippen LogP contribution in [-0.2, 0) is 6.54 Å². The van der Waals surface area contributed by atoms with Gasteiger partial charge in [-0.3, -0.25) is 0 Å². The Labute approximate surface area is 132 Å². The lowest BCUT2D eigenvalue weighted by molar-refractivity contribution is 0.209. The quantitative estimate of drug-likeness (QED) is 0.760. The predicted octanol–water partition coefficient (Wildman–Crippen LogP) is 3.18. The Morgan fingerprint density at radius 2 is 1.68 bits per heavy atom. The zero-order valence-electron chi connectivity index (χ0n) is 13.4. The number of para-hydroxylation sites is 1. The molecule has 0 unspecified atom stereocenters. The average Bonchev–Trinajstić information content (AvgIpc) is 2.54. The second-order valence-electron chi connectivity index (χ2n) is 4.99. The molecule has 0 saturated heterocycles. The first-order chi connectivity index (χ1) is 10.7. The standard InChI is InChI=1S/C18H23NO3/c1-14-7-9-16(10-8-14)21-11-12-22-18-15(13-19-2)5-4-6-17(18)20-3/h4-10,19H,11-13H2,1-3H3. The predicted molar refractivity (Wildman–Crippen MR) is 87.9 cm³/mol. The molecule has 0 radical (unpaired) electrons. The van der Waals surface area contributed by atoms with E-state index in [1.807, 2.05) is 49.5 Å². The van der Waals surface area contributed by atoms with Crippen LogP contribution in [0.15, 0.2) is 42.5 Å². The van der Waals surface area contributed by atoms with Crippen molar-refractivity contribution in [1.82, 2.24) is 5.32 Å². The van der Waals surface area contributed by atoms with E-state index in [9.17, 15) is 0 Å². The smallest absolute Gasteiger partial charge is 0.165 e. The molecule has 0 heterocycles. The summed E-state index contributed by atoms with van der Waals surface area (Å²) in [5, 5.41) is 3.13. The number of hydrogen-bond donors (Lipinski definition) is 1. The first-order valence-corrected chi connectivity index (χ1v) is 7.37. The van der Waals surface area contributed by atoms with Gasteiger partial charge in [0.25, 0.3) is 0 Å². The third kappa shape index (κ3) is 4.40. The minimum absolute atomic E-state index is 0.463. The monoisotopic (exact) mass is 301 g/mol. The highest BCUT2D eigenvalue weighted by atomic mass is 16.5. The minimum Gasteiger partial charge on any atom is -0.493 e. The summed E-state index contributed by atoms with van der Waals surface area (Å²) in [4.78, 5) is 0. The fraction of sp³-hybridized carbons (Fsp3) is 0.333. The van der Waals surface area contributed by atoms with Gasteiger partial charge in [-0.05, 0) is 32.2 Å². The van der Waals surface area contributed by atoms with Crippen LogP contribution in [0.3, 0.4) is 0 Å². The number of benzene rings is 2. The number of rotatable bonds is 8. The second kappa shape index (κ2) is 8.29. The van der Waals surface area contributed by atoms with E-state index in [1.165, 1.54) is 5.56 Å². The van der Waals surface area contributed by atoms with Crippen molar-refractivity contribution < 1.29 is 14.2 Å². The molecule has 0 aliphatic heterocycles. The van der Waals surface area contributed by atoms with Crippen LogP contribution in [0.25, 0.3) is 0 Å². The van der Waals surface area contributed by atoms with Crippen LogP contribution in [0, 0.1) is 6.92 Å². The zero-order chi connectivity index (χ0) is 15.8. The summed E-state index contributed by atoms with van der Waals surface area (Å²) in [6.45, 7) is 3.73. The van der Waals surface area contributed by atoms with E-state index >= 15 is 0 Å². The van der Waals surface area contributed by atoms with E-state index in [4.69, 9.17) is 14.2 Å². The van der Waals surface area contributed by atoms with Crippen molar-refractivity contribution in [3.63, 3.8) is 0 Å². The van der Waals surface area contributed by atoms with Crippen LogP contribution in [-0.4, -0.2) is 27.4 Å². The van der Waals surface area contributed by atoms with Gasteiger partial charge >= 0.3 is 0 Å². The highest BCUT2D eigenvalue weighted by Gasteiger charge is 2.09. The fourth-order valence-corrected chi connectivity index (χ4v) is 2.15. The summed E-state index contributed by atoms with van der Waals surface area (Å²) in [5.41, 5.74) is 2.28. The Hall–Kier alpha value is -2.20. The first-order valence-electron chi connectivity index (χ1n) is 7.37. The van der Waals surface area contributed by atoms with E-state index < -0.39 is 0 Å². The van der Waals surface area contributed by atoms with E-state index in [2.05, 4.69) is 12.2 Å². The Balaban J connectivity index is 1.91. The number of nitrogens with one attached hydrogen (secondary N) is 1. The summed E-state index contributed by atoms with van der Waals surface area (Å²) in [6.07, 6.45) is 0. The van der Waals surface area contributed by atoms with Gasteiger partial charge in [-0.2, -0.15) is 0 Å². The van der Waals surface area contributed by atoms with Gasteiger partial charge in [0, 0.05) is 12.1 Å². The second-order valence-corrected chi connectivity index (χ2v) is 4.99. The third-order valence-corrected chi connectivity index (χ3v) is 3.27. The number of ether oxygens (including phenoxy) is 3. The molecular formula is C18H23NO3. The summed E-state index contributed by atoms with van der Waals surface area (Å²) in [5.74, 6) is 2.36. The van der Waals surface area contributed by atoms with Gasteiger partial charge in [-0.25, -0.2) is 0 Å². The molecular weight excluding hydrogens is 278 g/mol. The highest BCUT2D eigenvalue weighted by Crippen LogP contribution is 2.31. The number of aryl methyl sites for hydroxylation is 1. The van der Waals surface area contributed by atoms with Crippen molar-refractivity contribution in [2.75, 3.05) is 27.4 Å². The molecule has 0 saturated carbocycles. The Morgan fingerprint density at radius 3 is 2.36 bits per heavy atom. The van der Waals surface area contributed by atoms with Crippen LogP contribution < -0.4 is 19.5 Å². The van der Waals surface area contributed by atoms with E-state index in [1.54, 1.807) is 7.11 Å². The lowest BCUT2D eigenvalue weighted by Gasteiger charge is -2.15. The first kappa shape index (κ1) is 16.2. The molecule has 118 valence electrons. The van der Waals surface area contributed by atoms with E-state index in [0.29, 0.717) is 13.2 Å². The topological polar surface area (TPSA) is 39.7 Å². The summed E-state index contributed by atoms with van der Waals surface area (Å²) >= 11 is 0. The zero-order valence-corrected chi connectivity index (χ0v) is 13.4. The van der Waals surface area contributed by atoms with Gasteiger partial charge in [0.1, 0.15) is 19.0 Å². The van der Waals surface area contributed by atoms with Gasteiger partial charge in [0.05, 0.1) is 7.11 Å². The van der Waals surface area contributed by atoms with Crippen LogP contribution >= 0.6 is 0 Å².